The highest BCUT2D eigenvalue weighted by Gasteiger charge is 2.47. The van der Waals surface area contributed by atoms with Gasteiger partial charge in [0.15, 0.2) is 12.4 Å². The number of hydrogen-bond donors (Lipinski definition) is 6. The van der Waals surface area contributed by atoms with Crippen molar-refractivity contribution in [2.75, 3.05) is 13.2 Å². The Balaban J connectivity index is 2.72. The van der Waals surface area contributed by atoms with Crippen LogP contribution in [0.3, 0.4) is 0 Å². The fraction of sp³-hybridized carbons (Fsp3) is 0.750. The third-order valence-electron chi connectivity index (χ3n) is 13.8. The largest absolute Gasteiger partial charge is 0.454 e. The number of amides is 1. The van der Waals surface area contributed by atoms with Gasteiger partial charge in [0.2, 0.25) is 5.91 Å². The summed E-state index contributed by atoms with van der Waals surface area (Å²) in [5.41, 5.74) is 0. The van der Waals surface area contributed by atoms with Crippen LogP contribution in [0.15, 0.2) is 85.1 Å². The molecular formula is C64H111NO10. The average molecular weight is 1050 g/mol. The molecule has 0 spiro atoms. The van der Waals surface area contributed by atoms with Crippen molar-refractivity contribution in [2.45, 2.75) is 294 Å². The summed E-state index contributed by atoms with van der Waals surface area (Å²) in [6.07, 6.45) is 56.2. The second kappa shape index (κ2) is 51.6. The van der Waals surface area contributed by atoms with E-state index in [0.29, 0.717) is 12.8 Å². The van der Waals surface area contributed by atoms with E-state index in [1.165, 1.54) is 96.3 Å². The number of allylic oxidation sites excluding steroid dienone is 13. The number of carbonyl (C=O) groups is 2. The summed E-state index contributed by atoms with van der Waals surface area (Å²) in [6.45, 7) is 5.64. The summed E-state index contributed by atoms with van der Waals surface area (Å²) >= 11 is 0. The topological polar surface area (TPSA) is 175 Å². The van der Waals surface area contributed by atoms with E-state index in [-0.39, 0.29) is 19.4 Å². The molecule has 0 bridgehead atoms. The molecular weight excluding hydrogens is 943 g/mol. The van der Waals surface area contributed by atoms with Gasteiger partial charge >= 0.3 is 5.97 Å². The second-order valence-corrected chi connectivity index (χ2v) is 20.7. The quantitative estimate of drug-likeness (QED) is 0.0195. The van der Waals surface area contributed by atoms with Gasteiger partial charge in [-0.25, -0.2) is 0 Å². The number of rotatable bonds is 50. The molecule has 8 atom stereocenters. The Labute approximate surface area is 457 Å². The highest BCUT2D eigenvalue weighted by Crippen LogP contribution is 2.26. The van der Waals surface area contributed by atoms with Gasteiger partial charge in [-0.05, 0) is 96.3 Å². The average Bonchev–Trinajstić information content (AvgIpc) is 3.41. The van der Waals surface area contributed by atoms with Crippen molar-refractivity contribution in [3.63, 3.8) is 0 Å². The molecule has 1 saturated heterocycles. The van der Waals surface area contributed by atoms with Gasteiger partial charge in [-0.1, -0.05) is 228 Å². The molecule has 0 saturated carbocycles. The molecule has 1 aliphatic heterocycles. The Bertz CT molecular complexity index is 1540. The first kappa shape index (κ1) is 69.9. The molecule has 432 valence electrons. The van der Waals surface area contributed by atoms with Gasteiger partial charge in [0.05, 0.1) is 25.4 Å². The summed E-state index contributed by atoms with van der Waals surface area (Å²) in [5.74, 6) is -1.23. The van der Waals surface area contributed by atoms with Gasteiger partial charge in [-0.15, -0.1) is 0 Å². The number of carbonyl (C=O) groups excluding carboxylic acids is 2. The summed E-state index contributed by atoms with van der Waals surface area (Å²) in [4.78, 5) is 26.5. The Morgan fingerprint density at radius 3 is 1.45 bits per heavy atom. The molecule has 75 heavy (non-hydrogen) atoms. The van der Waals surface area contributed by atoms with Crippen molar-refractivity contribution in [2.24, 2.45) is 0 Å². The van der Waals surface area contributed by atoms with E-state index in [1.54, 1.807) is 6.08 Å². The number of ether oxygens (including phenoxy) is 3. The summed E-state index contributed by atoms with van der Waals surface area (Å²) in [7, 11) is 0. The molecule has 0 aliphatic carbocycles. The lowest BCUT2D eigenvalue weighted by atomic mass is 9.99. The number of aliphatic hydroxyl groups excluding tert-OH is 5. The molecule has 1 heterocycles. The zero-order chi connectivity index (χ0) is 54.7. The smallest absolute Gasteiger partial charge is 0.306 e. The van der Waals surface area contributed by atoms with Crippen molar-refractivity contribution in [3.05, 3.63) is 85.1 Å². The van der Waals surface area contributed by atoms with Crippen molar-refractivity contribution < 1.29 is 49.3 Å². The molecule has 8 unspecified atom stereocenters. The maximum atomic E-state index is 13.4. The van der Waals surface area contributed by atoms with Crippen molar-refractivity contribution in [1.82, 2.24) is 5.32 Å². The SMILES string of the molecule is CC/C=C\C/C=C\C/C=C\C/C=C\C/C=C\CCCCCCC(O)C(=O)NC(COC1OC(CO)C(O)C(O)C1OC(=O)CCCCC/C=C\CCCCCCCCC)C(O)/C=C/CCCCCCCCCCCC. The summed E-state index contributed by atoms with van der Waals surface area (Å²) in [5, 5.41) is 56.9. The van der Waals surface area contributed by atoms with Crippen LogP contribution in [0.1, 0.15) is 245 Å². The van der Waals surface area contributed by atoms with E-state index in [1.807, 2.05) is 6.08 Å². The van der Waals surface area contributed by atoms with Crippen LogP contribution in [0.5, 0.6) is 0 Å². The lowest BCUT2D eigenvalue weighted by molar-refractivity contribution is -0.305. The molecule has 0 radical (unpaired) electrons. The Morgan fingerprint density at radius 2 is 0.960 bits per heavy atom. The predicted octanol–water partition coefficient (Wildman–Crippen LogP) is 14.2. The van der Waals surface area contributed by atoms with Crippen LogP contribution in [0.2, 0.25) is 0 Å². The van der Waals surface area contributed by atoms with Gasteiger partial charge < -0.3 is 45.1 Å². The summed E-state index contributed by atoms with van der Waals surface area (Å²) < 4.78 is 17.6. The fourth-order valence-corrected chi connectivity index (χ4v) is 8.97. The lowest BCUT2D eigenvalue weighted by Gasteiger charge is -2.41. The summed E-state index contributed by atoms with van der Waals surface area (Å²) in [6, 6.07) is -1.04. The van der Waals surface area contributed by atoms with Crippen LogP contribution in [0, 0.1) is 0 Å². The van der Waals surface area contributed by atoms with Gasteiger partial charge in [0, 0.05) is 6.42 Å². The first-order valence-electron chi connectivity index (χ1n) is 30.4. The minimum atomic E-state index is -1.63. The van der Waals surface area contributed by atoms with E-state index in [0.717, 1.165) is 103 Å². The molecule has 1 aliphatic rings. The monoisotopic (exact) mass is 1050 g/mol. The van der Waals surface area contributed by atoms with Crippen LogP contribution in [-0.2, 0) is 23.8 Å². The molecule has 1 amide bonds. The molecule has 0 aromatic rings. The number of hydrogen-bond acceptors (Lipinski definition) is 10. The third-order valence-corrected chi connectivity index (χ3v) is 13.8. The molecule has 0 aromatic heterocycles. The van der Waals surface area contributed by atoms with E-state index in [4.69, 9.17) is 14.2 Å². The van der Waals surface area contributed by atoms with Crippen molar-refractivity contribution >= 4 is 11.9 Å². The second-order valence-electron chi connectivity index (χ2n) is 20.7. The van der Waals surface area contributed by atoms with Crippen LogP contribution < -0.4 is 5.32 Å². The molecule has 1 fully saturated rings. The molecule has 1 rings (SSSR count). The van der Waals surface area contributed by atoms with E-state index in [2.05, 4.69) is 99.0 Å². The van der Waals surface area contributed by atoms with Gasteiger partial charge in [-0.3, -0.25) is 9.59 Å². The first-order chi connectivity index (χ1) is 36.7. The van der Waals surface area contributed by atoms with Gasteiger partial charge in [-0.2, -0.15) is 0 Å². The normalized spacial score (nSPS) is 19.8. The van der Waals surface area contributed by atoms with Crippen molar-refractivity contribution in [3.8, 4) is 0 Å². The Hall–Kier alpha value is -3.16. The molecule has 0 aromatic carbocycles. The fourth-order valence-electron chi connectivity index (χ4n) is 8.97. The molecule has 11 heteroatoms. The highest BCUT2D eigenvalue weighted by molar-refractivity contribution is 5.80. The minimum absolute atomic E-state index is 0.0979. The van der Waals surface area contributed by atoms with Crippen LogP contribution in [0.25, 0.3) is 0 Å². The highest BCUT2D eigenvalue weighted by atomic mass is 16.7. The van der Waals surface area contributed by atoms with E-state index in [9.17, 15) is 35.1 Å². The predicted molar refractivity (Wildman–Crippen MR) is 310 cm³/mol. The number of unbranched alkanes of at least 4 members (excludes halogenated alkanes) is 24. The zero-order valence-electron chi connectivity index (χ0n) is 47.6. The molecule has 6 N–H and O–H groups in total. The van der Waals surface area contributed by atoms with Crippen LogP contribution >= 0.6 is 0 Å². The number of nitrogens with one attached hydrogen (secondary N) is 1. The number of esters is 1. The van der Waals surface area contributed by atoms with Crippen LogP contribution in [0.4, 0.5) is 0 Å². The first-order valence-corrected chi connectivity index (χ1v) is 30.4. The van der Waals surface area contributed by atoms with Gasteiger partial charge in [0.25, 0.3) is 0 Å². The maximum absolute atomic E-state index is 13.4. The zero-order valence-corrected chi connectivity index (χ0v) is 47.6. The minimum Gasteiger partial charge on any atom is -0.454 e. The lowest BCUT2D eigenvalue weighted by Crippen LogP contribution is -2.61. The maximum Gasteiger partial charge on any atom is 0.306 e. The van der Waals surface area contributed by atoms with Crippen LogP contribution in [-0.4, -0.2) is 99.6 Å². The Morgan fingerprint density at radius 1 is 0.533 bits per heavy atom. The molecule has 11 nitrogen and oxygen atoms in total. The van der Waals surface area contributed by atoms with Crippen molar-refractivity contribution in [1.29, 1.82) is 0 Å². The van der Waals surface area contributed by atoms with Gasteiger partial charge in [0.1, 0.15) is 24.4 Å². The van der Waals surface area contributed by atoms with E-state index >= 15 is 0 Å². The van der Waals surface area contributed by atoms with E-state index < -0.39 is 67.4 Å². The third kappa shape index (κ3) is 39.8. The Kier molecular flexibility index (Phi) is 48.0. The standard InChI is InChI=1S/C64H111NO10/c1-4-7-10-13-16-19-22-25-27-28-29-30-31-32-33-36-39-42-45-48-51-57(68)63(72)65-55(56(67)50-47-44-41-38-35-24-21-18-15-12-9-6-3)54-73-64-62(61(71)60(70)58(53-66)74-64)75-59(69)52-49-46-43-40-37-34-26-23-20-17-14-11-8-5-2/h7,10,16,19,25,27,29-30,32-34,37,47,50,55-58,60-62,64,66-68,70-71H,4-6,8-9,11-15,17-18,20-24,26,28,31,35-36,38-46,48-49,51-54H2,1-3H3,(H,65,72)/b10-7-,19-16-,27-25-,30-29-,33-32-,37-34-,50-47+. The number of aliphatic hydroxyl groups is 5.